The summed E-state index contributed by atoms with van der Waals surface area (Å²) in [5.41, 5.74) is 0. The zero-order chi connectivity index (χ0) is 5.70. The van der Waals surface area contributed by atoms with Gasteiger partial charge in [0, 0.05) is 4.43 Å². The van der Waals surface area contributed by atoms with Crippen LogP contribution in [0.2, 0.25) is 0 Å². The maximum atomic E-state index is 2.39. The first-order chi connectivity index (χ1) is 3.31. The zero-order valence-electron chi connectivity index (χ0n) is 4.82. The predicted molar refractivity (Wildman–Crippen MR) is 42.9 cm³/mol. The third-order valence-electron chi connectivity index (χ3n) is 0.764. The zero-order valence-corrected chi connectivity index (χ0v) is 6.97. The normalized spacial score (nSPS) is 15.3. The third kappa shape index (κ3) is 4.32. The molecule has 0 rings (SSSR count). The van der Waals surface area contributed by atoms with Crippen LogP contribution in [0.4, 0.5) is 0 Å². The Balaban J connectivity index is 3.16. The largest absolute Gasteiger partial charge is 0.0914 e. The lowest BCUT2D eigenvalue weighted by atomic mass is 10.2. The van der Waals surface area contributed by atoms with E-state index in [9.17, 15) is 0 Å². The minimum absolute atomic E-state index is 0.755. The van der Waals surface area contributed by atoms with Crippen molar-refractivity contribution in [1.29, 1.82) is 0 Å². The van der Waals surface area contributed by atoms with E-state index in [1.807, 2.05) is 0 Å². The summed E-state index contributed by atoms with van der Waals surface area (Å²) in [5, 5.41) is 0. The van der Waals surface area contributed by atoms with E-state index in [2.05, 4.69) is 48.6 Å². The Morgan fingerprint density at radius 2 is 2.29 bits per heavy atom. The van der Waals surface area contributed by atoms with Gasteiger partial charge in [0.15, 0.2) is 0 Å². The van der Waals surface area contributed by atoms with Gasteiger partial charge in [-0.05, 0) is 12.8 Å². The fraction of sp³-hybridized carbons (Fsp3) is 0.667. The molecular formula is C6H11I. The minimum atomic E-state index is 0.755. The van der Waals surface area contributed by atoms with Gasteiger partial charge in [0.2, 0.25) is 0 Å². The van der Waals surface area contributed by atoms with Gasteiger partial charge in [-0.2, -0.15) is 0 Å². The van der Waals surface area contributed by atoms with Crippen molar-refractivity contribution in [3.05, 3.63) is 12.2 Å². The van der Waals surface area contributed by atoms with Gasteiger partial charge in [0.05, 0.1) is 0 Å². The molecule has 0 aliphatic carbocycles. The first-order valence-corrected chi connectivity index (χ1v) is 4.02. The molecule has 0 N–H and O–H groups in total. The molecule has 0 amide bonds. The molecule has 7 heavy (non-hydrogen) atoms. The number of halogens is 1. The van der Waals surface area contributed by atoms with E-state index in [4.69, 9.17) is 0 Å². The van der Waals surface area contributed by atoms with E-state index in [1.165, 1.54) is 4.43 Å². The van der Waals surface area contributed by atoms with E-state index >= 15 is 0 Å². The van der Waals surface area contributed by atoms with Crippen LogP contribution in [0.3, 0.4) is 0 Å². The van der Waals surface area contributed by atoms with Crippen LogP contribution in [0.25, 0.3) is 0 Å². The lowest BCUT2D eigenvalue weighted by Crippen LogP contribution is -1.86. The Bertz CT molecular complexity index is 57.2. The highest BCUT2D eigenvalue weighted by atomic mass is 127. The van der Waals surface area contributed by atoms with Crippen LogP contribution >= 0.6 is 22.6 Å². The standard InChI is InChI=1S/C6H11I/c1-3-4-6(2)5-7/h3-4,6H,5H2,1-2H3. The number of allylic oxidation sites excluding steroid dienone is 2. The monoisotopic (exact) mass is 210 g/mol. The van der Waals surface area contributed by atoms with Crippen molar-refractivity contribution < 1.29 is 0 Å². The summed E-state index contributed by atoms with van der Waals surface area (Å²) in [6.45, 7) is 4.27. The highest BCUT2D eigenvalue weighted by Crippen LogP contribution is 2.00. The van der Waals surface area contributed by atoms with Gasteiger partial charge in [0.1, 0.15) is 0 Å². The van der Waals surface area contributed by atoms with Crippen molar-refractivity contribution in [3.8, 4) is 0 Å². The van der Waals surface area contributed by atoms with Crippen LogP contribution in [0.1, 0.15) is 13.8 Å². The summed E-state index contributed by atoms with van der Waals surface area (Å²) < 4.78 is 1.22. The predicted octanol–water partition coefficient (Wildman–Crippen LogP) is 2.63. The molecular weight excluding hydrogens is 199 g/mol. The molecule has 0 nitrogen and oxygen atoms in total. The summed E-state index contributed by atoms with van der Waals surface area (Å²) >= 11 is 2.39. The summed E-state index contributed by atoms with van der Waals surface area (Å²) in [4.78, 5) is 0. The number of alkyl halides is 1. The fourth-order valence-electron chi connectivity index (χ4n) is 0.380. The first kappa shape index (κ1) is 7.47. The van der Waals surface area contributed by atoms with Crippen molar-refractivity contribution in [2.24, 2.45) is 5.92 Å². The van der Waals surface area contributed by atoms with Crippen molar-refractivity contribution in [3.63, 3.8) is 0 Å². The maximum absolute atomic E-state index is 2.39. The molecule has 0 radical (unpaired) electrons. The van der Waals surface area contributed by atoms with Gasteiger partial charge < -0.3 is 0 Å². The molecule has 0 heterocycles. The first-order valence-electron chi connectivity index (χ1n) is 2.50. The van der Waals surface area contributed by atoms with E-state index in [-0.39, 0.29) is 0 Å². The van der Waals surface area contributed by atoms with Crippen LogP contribution < -0.4 is 0 Å². The van der Waals surface area contributed by atoms with E-state index in [0.717, 1.165) is 5.92 Å². The summed E-state index contributed by atoms with van der Waals surface area (Å²) in [6.07, 6.45) is 4.32. The van der Waals surface area contributed by atoms with Crippen molar-refractivity contribution >= 4 is 22.6 Å². The molecule has 0 aromatic rings. The topological polar surface area (TPSA) is 0 Å². The average Bonchev–Trinajstić information content (AvgIpc) is 1.68. The summed E-state index contributed by atoms with van der Waals surface area (Å²) in [7, 11) is 0. The Morgan fingerprint density at radius 1 is 1.71 bits per heavy atom. The second kappa shape index (κ2) is 4.62. The molecule has 0 aliphatic rings. The molecule has 0 aromatic carbocycles. The van der Waals surface area contributed by atoms with Gasteiger partial charge in [-0.15, -0.1) is 0 Å². The SMILES string of the molecule is CC=CC(C)CI. The molecule has 0 spiro atoms. The molecule has 0 saturated heterocycles. The van der Waals surface area contributed by atoms with E-state index in [0.29, 0.717) is 0 Å². The highest BCUT2D eigenvalue weighted by molar-refractivity contribution is 14.1. The van der Waals surface area contributed by atoms with Crippen molar-refractivity contribution in [2.45, 2.75) is 13.8 Å². The van der Waals surface area contributed by atoms with E-state index < -0.39 is 0 Å². The van der Waals surface area contributed by atoms with Gasteiger partial charge >= 0.3 is 0 Å². The molecule has 0 aliphatic heterocycles. The Kier molecular flexibility index (Phi) is 4.94. The second-order valence-corrected chi connectivity index (χ2v) is 2.54. The smallest absolute Gasteiger partial charge is 0.00556 e. The summed E-state index contributed by atoms with van der Waals surface area (Å²) in [5.74, 6) is 0.755. The highest BCUT2D eigenvalue weighted by Gasteiger charge is 1.87. The molecule has 1 heteroatoms. The van der Waals surface area contributed by atoms with Gasteiger partial charge in [-0.25, -0.2) is 0 Å². The van der Waals surface area contributed by atoms with Crippen LogP contribution in [0.15, 0.2) is 12.2 Å². The lowest BCUT2D eigenvalue weighted by Gasteiger charge is -1.94. The average molecular weight is 210 g/mol. The number of hydrogen-bond acceptors (Lipinski definition) is 0. The Morgan fingerprint density at radius 3 is 2.43 bits per heavy atom. The third-order valence-corrected chi connectivity index (χ3v) is 2.15. The van der Waals surface area contributed by atoms with Gasteiger partial charge in [0.25, 0.3) is 0 Å². The van der Waals surface area contributed by atoms with E-state index in [1.54, 1.807) is 0 Å². The van der Waals surface area contributed by atoms with Crippen molar-refractivity contribution in [2.75, 3.05) is 4.43 Å². The Labute approximate surface area is 59.1 Å². The number of rotatable bonds is 2. The summed E-state index contributed by atoms with van der Waals surface area (Å²) in [6, 6.07) is 0. The van der Waals surface area contributed by atoms with Crippen LogP contribution in [0, 0.1) is 5.92 Å². The molecule has 1 unspecified atom stereocenters. The molecule has 1 atom stereocenters. The van der Waals surface area contributed by atoms with Crippen LogP contribution in [-0.4, -0.2) is 4.43 Å². The van der Waals surface area contributed by atoms with Gasteiger partial charge in [-0.1, -0.05) is 41.7 Å². The van der Waals surface area contributed by atoms with Crippen molar-refractivity contribution in [1.82, 2.24) is 0 Å². The molecule has 0 saturated carbocycles. The molecule has 0 fully saturated rings. The quantitative estimate of drug-likeness (QED) is 0.373. The maximum Gasteiger partial charge on any atom is 0.00556 e. The van der Waals surface area contributed by atoms with Crippen LogP contribution in [-0.2, 0) is 0 Å². The number of hydrogen-bond donors (Lipinski definition) is 0. The minimum Gasteiger partial charge on any atom is -0.0914 e. The molecule has 0 bridgehead atoms. The van der Waals surface area contributed by atoms with Crippen LogP contribution in [0.5, 0.6) is 0 Å². The fourth-order valence-corrected chi connectivity index (χ4v) is 0.674. The molecule has 42 valence electrons. The Hall–Kier alpha value is 0.470. The lowest BCUT2D eigenvalue weighted by molar-refractivity contribution is 0.860. The second-order valence-electron chi connectivity index (χ2n) is 1.66. The van der Waals surface area contributed by atoms with Gasteiger partial charge in [-0.3, -0.25) is 0 Å². The molecule has 0 aromatic heterocycles.